The van der Waals surface area contributed by atoms with Crippen LogP contribution in [0.25, 0.3) is 17.2 Å². The number of rotatable bonds is 3. The van der Waals surface area contributed by atoms with Crippen molar-refractivity contribution < 1.29 is 9.53 Å². The number of methoxy groups -OCH3 is 1. The lowest BCUT2D eigenvalue weighted by molar-refractivity contribution is 0.0601. The summed E-state index contributed by atoms with van der Waals surface area (Å²) in [7, 11) is 1.38. The molecule has 0 aliphatic heterocycles. The predicted molar refractivity (Wildman–Crippen MR) is 82.9 cm³/mol. The van der Waals surface area contributed by atoms with Crippen molar-refractivity contribution in [2.24, 2.45) is 0 Å². The van der Waals surface area contributed by atoms with E-state index in [9.17, 15) is 4.79 Å². The Balaban J connectivity index is 2.54. The van der Waals surface area contributed by atoms with Gasteiger partial charge in [0, 0.05) is 5.02 Å². The van der Waals surface area contributed by atoms with Gasteiger partial charge >= 0.3 is 5.97 Å². The minimum atomic E-state index is -0.339. The van der Waals surface area contributed by atoms with Gasteiger partial charge in [0.2, 0.25) is 0 Å². The van der Waals surface area contributed by atoms with Gasteiger partial charge in [-0.3, -0.25) is 0 Å². The van der Waals surface area contributed by atoms with Gasteiger partial charge in [0.25, 0.3) is 0 Å². The summed E-state index contributed by atoms with van der Waals surface area (Å²) >= 11 is 6.04. The fourth-order valence-electron chi connectivity index (χ4n) is 2.05. The van der Waals surface area contributed by atoms with Crippen molar-refractivity contribution in [3.63, 3.8) is 0 Å². The maximum Gasteiger partial charge on any atom is 0.337 e. The lowest BCUT2D eigenvalue weighted by Gasteiger charge is -2.08. The molecule has 3 heteroatoms. The minimum absolute atomic E-state index is 0.339. The van der Waals surface area contributed by atoms with E-state index in [1.165, 1.54) is 7.11 Å². The molecule has 102 valence electrons. The molecule has 0 aromatic heterocycles. The Morgan fingerprint density at radius 3 is 2.70 bits per heavy atom. The lowest BCUT2D eigenvalue weighted by atomic mass is 9.98. The van der Waals surface area contributed by atoms with Crippen LogP contribution in [-0.2, 0) is 4.74 Å². The number of benzene rings is 2. The molecular weight excluding hydrogens is 272 g/mol. The zero-order chi connectivity index (χ0) is 14.5. The topological polar surface area (TPSA) is 26.3 Å². The summed E-state index contributed by atoms with van der Waals surface area (Å²) in [6.07, 6.45) is 3.95. The molecule has 2 aromatic rings. The normalized spacial score (nSPS) is 10.8. The Morgan fingerprint density at radius 2 is 2.00 bits per heavy atom. The van der Waals surface area contributed by atoms with Crippen molar-refractivity contribution in [2.75, 3.05) is 7.11 Å². The van der Waals surface area contributed by atoms with Crippen molar-refractivity contribution in [2.45, 2.75) is 6.92 Å². The molecule has 0 heterocycles. The number of hydrogen-bond acceptors (Lipinski definition) is 2. The average Bonchev–Trinajstić information content (AvgIpc) is 2.47. The van der Waals surface area contributed by atoms with Gasteiger partial charge in [0.05, 0.1) is 12.7 Å². The molecule has 0 saturated carbocycles. The van der Waals surface area contributed by atoms with Gasteiger partial charge < -0.3 is 4.74 Å². The molecular formula is C17H15ClO2. The van der Waals surface area contributed by atoms with Gasteiger partial charge in [-0.1, -0.05) is 42.0 Å². The van der Waals surface area contributed by atoms with E-state index in [2.05, 4.69) is 0 Å². The summed E-state index contributed by atoms with van der Waals surface area (Å²) in [4.78, 5) is 11.6. The fourth-order valence-corrected chi connectivity index (χ4v) is 2.23. The van der Waals surface area contributed by atoms with E-state index in [0.717, 1.165) is 16.7 Å². The number of allylic oxidation sites excluding steroid dienone is 1. The number of halogens is 1. The third-order valence-corrected chi connectivity index (χ3v) is 3.19. The van der Waals surface area contributed by atoms with Crippen molar-refractivity contribution in [1.29, 1.82) is 0 Å². The monoisotopic (exact) mass is 286 g/mol. The van der Waals surface area contributed by atoms with Crippen molar-refractivity contribution in [3.05, 3.63) is 64.7 Å². The first-order chi connectivity index (χ1) is 9.65. The highest BCUT2D eigenvalue weighted by Gasteiger charge is 2.09. The second kappa shape index (κ2) is 6.40. The highest BCUT2D eigenvalue weighted by Crippen LogP contribution is 2.28. The van der Waals surface area contributed by atoms with Gasteiger partial charge in [0.15, 0.2) is 0 Å². The molecule has 2 nitrogen and oxygen atoms in total. The molecule has 0 aliphatic rings. The summed E-state index contributed by atoms with van der Waals surface area (Å²) in [6.45, 7) is 1.95. The van der Waals surface area contributed by atoms with Crippen molar-refractivity contribution >= 4 is 23.6 Å². The molecule has 0 N–H and O–H groups in total. The maximum atomic E-state index is 11.6. The molecule has 0 saturated heterocycles. The summed E-state index contributed by atoms with van der Waals surface area (Å²) < 4.78 is 4.75. The van der Waals surface area contributed by atoms with Crippen LogP contribution in [0.4, 0.5) is 0 Å². The van der Waals surface area contributed by atoms with E-state index in [1.807, 2.05) is 55.5 Å². The first-order valence-electron chi connectivity index (χ1n) is 6.26. The Kier molecular flexibility index (Phi) is 4.59. The molecule has 0 amide bonds. The van der Waals surface area contributed by atoms with Crippen molar-refractivity contribution in [3.8, 4) is 11.1 Å². The molecule has 0 unspecified atom stereocenters. The molecule has 2 rings (SSSR count). The highest BCUT2D eigenvalue weighted by molar-refractivity contribution is 6.30. The minimum Gasteiger partial charge on any atom is -0.465 e. The largest absolute Gasteiger partial charge is 0.465 e. The average molecular weight is 287 g/mol. The van der Waals surface area contributed by atoms with Crippen LogP contribution in [0.5, 0.6) is 0 Å². The fraction of sp³-hybridized carbons (Fsp3) is 0.118. The summed E-state index contributed by atoms with van der Waals surface area (Å²) in [5.74, 6) is -0.339. The van der Waals surface area contributed by atoms with Crippen LogP contribution in [0, 0.1) is 0 Å². The quantitative estimate of drug-likeness (QED) is 0.756. The molecule has 20 heavy (non-hydrogen) atoms. The molecule has 0 spiro atoms. The molecule has 0 atom stereocenters. The van der Waals surface area contributed by atoms with Gasteiger partial charge in [-0.25, -0.2) is 4.79 Å². The van der Waals surface area contributed by atoms with Crippen LogP contribution in [0.2, 0.25) is 5.02 Å². The lowest BCUT2D eigenvalue weighted by Crippen LogP contribution is -2.00. The van der Waals surface area contributed by atoms with Crippen LogP contribution >= 0.6 is 11.6 Å². The van der Waals surface area contributed by atoms with Crippen LogP contribution in [0.3, 0.4) is 0 Å². The Morgan fingerprint density at radius 1 is 1.20 bits per heavy atom. The number of esters is 1. The van der Waals surface area contributed by atoms with Crippen LogP contribution in [0.1, 0.15) is 22.8 Å². The molecule has 0 bridgehead atoms. The van der Waals surface area contributed by atoms with E-state index in [0.29, 0.717) is 10.6 Å². The zero-order valence-electron chi connectivity index (χ0n) is 11.4. The molecule has 0 fully saturated rings. The number of carbonyl (C=O) groups is 1. The summed E-state index contributed by atoms with van der Waals surface area (Å²) in [5.41, 5.74) is 3.53. The van der Waals surface area contributed by atoms with E-state index in [1.54, 1.807) is 6.07 Å². The molecule has 0 aliphatic carbocycles. The Hall–Kier alpha value is -2.06. The SMILES string of the molecule is CC=Cc1cc(Cl)ccc1-c1cccc(C(=O)OC)c1. The smallest absolute Gasteiger partial charge is 0.337 e. The maximum absolute atomic E-state index is 11.6. The second-order valence-electron chi connectivity index (χ2n) is 4.30. The van der Waals surface area contributed by atoms with Crippen LogP contribution in [-0.4, -0.2) is 13.1 Å². The number of carbonyl (C=O) groups excluding carboxylic acids is 1. The second-order valence-corrected chi connectivity index (χ2v) is 4.74. The third-order valence-electron chi connectivity index (χ3n) is 2.95. The van der Waals surface area contributed by atoms with Gasteiger partial charge in [-0.15, -0.1) is 0 Å². The van der Waals surface area contributed by atoms with Gasteiger partial charge in [-0.2, -0.15) is 0 Å². The van der Waals surface area contributed by atoms with E-state index in [4.69, 9.17) is 16.3 Å². The summed E-state index contributed by atoms with van der Waals surface area (Å²) in [5, 5.41) is 0.686. The Bertz CT molecular complexity index is 660. The Labute approximate surface area is 123 Å². The number of hydrogen-bond donors (Lipinski definition) is 0. The van der Waals surface area contributed by atoms with Crippen molar-refractivity contribution in [1.82, 2.24) is 0 Å². The van der Waals surface area contributed by atoms with E-state index < -0.39 is 0 Å². The first-order valence-corrected chi connectivity index (χ1v) is 6.64. The first kappa shape index (κ1) is 14.4. The molecule has 0 radical (unpaired) electrons. The zero-order valence-corrected chi connectivity index (χ0v) is 12.1. The third kappa shape index (κ3) is 3.09. The summed E-state index contributed by atoms with van der Waals surface area (Å²) in [6, 6.07) is 13.1. The number of ether oxygens (including phenoxy) is 1. The highest BCUT2D eigenvalue weighted by atomic mass is 35.5. The van der Waals surface area contributed by atoms with Gasteiger partial charge in [0.1, 0.15) is 0 Å². The van der Waals surface area contributed by atoms with Crippen LogP contribution in [0.15, 0.2) is 48.5 Å². The predicted octanol–water partition coefficient (Wildman–Crippen LogP) is 4.83. The van der Waals surface area contributed by atoms with Crippen LogP contribution < -0.4 is 0 Å². The van der Waals surface area contributed by atoms with E-state index in [-0.39, 0.29) is 5.97 Å². The standard InChI is InChI=1S/C17H15ClO2/c1-3-5-12-11-15(18)8-9-16(12)13-6-4-7-14(10-13)17(19)20-2/h3-11H,1-2H3. The van der Waals surface area contributed by atoms with E-state index >= 15 is 0 Å². The molecule has 2 aromatic carbocycles. The van der Waals surface area contributed by atoms with Gasteiger partial charge in [-0.05, 0) is 47.9 Å².